The van der Waals surface area contributed by atoms with Gasteiger partial charge in [0.2, 0.25) is 0 Å². The Kier molecular flexibility index (Phi) is 3.78. The van der Waals surface area contributed by atoms with Crippen LogP contribution in [0, 0.1) is 0 Å². The van der Waals surface area contributed by atoms with Crippen LogP contribution in [0.3, 0.4) is 0 Å². The molecule has 4 aromatic rings. The van der Waals surface area contributed by atoms with Gasteiger partial charge in [0.1, 0.15) is 0 Å². The molecule has 29 heavy (non-hydrogen) atoms. The van der Waals surface area contributed by atoms with Gasteiger partial charge in [-0.25, -0.2) is 0 Å². The highest BCUT2D eigenvalue weighted by molar-refractivity contribution is 6.36. The van der Waals surface area contributed by atoms with E-state index in [0.29, 0.717) is 15.6 Å². The Morgan fingerprint density at radius 2 is 1.90 bits per heavy atom. The molecule has 2 aromatic carbocycles. The van der Waals surface area contributed by atoms with Gasteiger partial charge in [0.15, 0.2) is 0 Å². The number of fused-ring (bicyclic) bond motifs is 2. The quantitative estimate of drug-likeness (QED) is 0.459. The van der Waals surface area contributed by atoms with Gasteiger partial charge in [0.25, 0.3) is 5.91 Å². The van der Waals surface area contributed by atoms with Gasteiger partial charge in [0, 0.05) is 47.0 Å². The van der Waals surface area contributed by atoms with Crippen LogP contribution in [0.1, 0.15) is 24.4 Å². The molecule has 5 rings (SSSR count). The third-order valence-corrected chi connectivity index (χ3v) is 5.63. The van der Waals surface area contributed by atoms with Crippen molar-refractivity contribution < 1.29 is 7.54 Å². The number of aryl methyl sites for hydroxylation is 1. The van der Waals surface area contributed by atoms with E-state index in [9.17, 15) is 4.79 Å². The van der Waals surface area contributed by atoms with Crippen molar-refractivity contribution in [3.8, 4) is 11.1 Å². The number of carbonyl (C=O) groups excluding carboxylic acids is 1. The number of carbonyl (C=O) groups is 1. The molecule has 0 aliphatic carbocycles. The van der Waals surface area contributed by atoms with Crippen LogP contribution >= 0.6 is 23.2 Å². The largest absolute Gasteiger partial charge is 0.328 e. The van der Waals surface area contributed by atoms with Crippen LogP contribution in [0.4, 0.5) is 0 Å². The summed E-state index contributed by atoms with van der Waals surface area (Å²) in [6, 6.07) is 12.6. The standard InChI is InChI=1S/C22H16Cl2N4O/c1-27-10-16-14(4-2-6-20(16)26-27)13-8-18(23)17(19(24)9-13)11-28-12-21-15(22(28)29)5-3-7-25-21/h2-10H,11-12H2,1H3/i12D2. The first kappa shape index (κ1) is 16.0. The van der Waals surface area contributed by atoms with Crippen molar-refractivity contribution in [1.29, 1.82) is 0 Å². The number of rotatable bonds is 3. The van der Waals surface area contributed by atoms with E-state index < -0.39 is 12.4 Å². The third kappa shape index (κ3) is 3.07. The normalized spacial score (nSPS) is 16.1. The van der Waals surface area contributed by atoms with Crippen molar-refractivity contribution in [1.82, 2.24) is 19.7 Å². The van der Waals surface area contributed by atoms with Gasteiger partial charge in [-0.1, -0.05) is 35.3 Å². The van der Waals surface area contributed by atoms with Crippen LogP contribution in [-0.2, 0) is 20.1 Å². The molecule has 0 atom stereocenters. The molecule has 5 nitrogen and oxygen atoms in total. The van der Waals surface area contributed by atoms with Crippen LogP contribution in [0.2, 0.25) is 10.0 Å². The van der Waals surface area contributed by atoms with Crippen molar-refractivity contribution >= 4 is 40.0 Å². The van der Waals surface area contributed by atoms with Gasteiger partial charge in [-0.2, -0.15) is 5.10 Å². The first-order chi connectivity index (χ1) is 14.8. The summed E-state index contributed by atoms with van der Waals surface area (Å²) in [6.07, 6.45) is 3.41. The number of hydrogen-bond donors (Lipinski definition) is 0. The topological polar surface area (TPSA) is 51.0 Å². The number of aromatic nitrogens is 3. The maximum atomic E-state index is 12.8. The SMILES string of the molecule is [2H]C1([2H])c2ncccc2C(=O)N1Cc1c(Cl)cc(-c2cccc3nn(C)cc23)cc1Cl. The number of benzene rings is 2. The molecule has 0 N–H and O–H groups in total. The minimum Gasteiger partial charge on any atom is -0.328 e. The minimum atomic E-state index is -2.06. The van der Waals surface area contributed by atoms with Crippen LogP contribution in [0.25, 0.3) is 22.0 Å². The van der Waals surface area contributed by atoms with Crippen molar-refractivity contribution in [3.05, 3.63) is 81.7 Å². The summed E-state index contributed by atoms with van der Waals surface area (Å²) in [4.78, 5) is 18.0. The highest BCUT2D eigenvalue weighted by atomic mass is 35.5. The summed E-state index contributed by atoms with van der Waals surface area (Å²) in [5, 5.41) is 6.12. The molecule has 0 spiro atoms. The molecule has 1 amide bonds. The third-order valence-electron chi connectivity index (χ3n) is 4.96. The van der Waals surface area contributed by atoms with Crippen molar-refractivity contribution in [2.45, 2.75) is 13.0 Å². The van der Waals surface area contributed by atoms with Gasteiger partial charge in [-0.3, -0.25) is 14.5 Å². The van der Waals surface area contributed by atoms with Gasteiger partial charge in [-0.15, -0.1) is 0 Å². The van der Waals surface area contributed by atoms with E-state index in [1.165, 1.54) is 6.20 Å². The number of halogens is 2. The maximum Gasteiger partial charge on any atom is 0.256 e. The zero-order chi connectivity index (χ0) is 21.9. The second-order valence-corrected chi connectivity index (χ2v) is 7.68. The molecule has 2 aromatic heterocycles. The van der Waals surface area contributed by atoms with E-state index >= 15 is 0 Å². The number of hydrogen-bond acceptors (Lipinski definition) is 3. The first-order valence-corrected chi connectivity index (χ1v) is 9.71. The zero-order valence-corrected chi connectivity index (χ0v) is 16.9. The van der Waals surface area contributed by atoms with Gasteiger partial charge < -0.3 is 4.90 Å². The smallest absolute Gasteiger partial charge is 0.256 e. The first-order valence-electron chi connectivity index (χ1n) is 9.95. The molecule has 1 aliphatic rings. The molecule has 0 unspecified atom stereocenters. The van der Waals surface area contributed by atoms with Crippen LogP contribution in [-0.4, -0.2) is 25.6 Å². The Hall–Kier alpha value is -2.89. The van der Waals surface area contributed by atoms with E-state index in [1.54, 1.807) is 28.9 Å². The molecule has 144 valence electrons. The molecule has 0 fully saturated rings. The summed E-state index contributed by atoms with van der Waals surface area (Å²) in [5.74, 6) is -0.440. The maximum absolute atomic E-state index is 12.8. The summed E-state index contributed by atoms with van der Waals surface area (Å²) >= 11 is 13.2. The van der Waals surface area contributed by atoms with E-state index in [0.717, 1.165) is 26.9 Å². The highest BCUT2D eigenvalue weighted by Crippen LogP contribution is 2.36. The van der Waals surface area contributed by atoms with Crippen LogP contribution < -0.4 is 0 Å². The van der Waals surface area contributed by atoms with Gasteiger partial charge in [-0.05, 0) is 41.5 Å². The second kappa shape index (κ2) is 6.87. The van der Waals surface area contributed by atoms with E-state index in [1.807, 2.05) is 31.4 Å². The Labute approximate surface area is 180 Å². The van der Waals surface area contributed by atoms with E-state index in [2.05, 4.69) is 10.1 Å². The minimum absolute atomic E-state index is 0.0722. The van der Waals surface area contributed by atoms with E-state index in [4.69, 9.17) is 25.9 Å². The lowest BCUT2D eigenvalue weighted by atomic mass is 10.0. The van der Waals surface area contributed by atoms with Gasteiger partial charge in [0.05, 0.1) is 26.0 Å². The Balaban J connectivity index is 1.55. The van der Waals surface area contributed by atoms with Crippen molar-refractivity contribution in [2.75, 3.05) is 0 Å². The monoisotopic (exact) mass is 424 g/mol. The molecule has 0 saturated heterocycles. The lowest BCUT2D eigenvalue weighted by molar-refractivity contribution is 0.0766. The summed E-state index contributed by atoms with van der Waals surface area (Å²) in [6.45, 7) is -2.13. The Morgan fingerprint density at radius 1 is 1.14 bits per heavy atom. The second-order valence-electron chi connectivity index (χ2n) is 6.86. The zero-order valence-electron chi connectivity index (χ0n) is 17.4. The fourth-order valence-electron chi connectivity index (χ4n) is 3.58. The van der Waals surface area contributed by atoms with E-state index in [-0.39, 0.29) is 17.8 Å². The predicted octanol–water partition coefficient (Wildman–Crippen LogP) is 5.10. The summed E-state index contributed by atoms with van der Waals surface area (Å²) in [5.41, 5.74) is 3.45. The van der Waals surface area contributed by atoms with Gasteiger partial charge >= 0.3 is 0 Å². The van der Waals surface area contributed by atoms with Crippen LogP contribution in [0.5, 0.6) is 0 Å². The molecule has 0 radical (unpaired) electrons. The Morgan fingerprint density at radius 3 is 2.66 bits per heavy atom. The van der Waals surface area contributed by atoms with Crippen LogP contribution in [0.15, 0.2) is 54.9 Å². The fraction of sp³-hybridized carbons (Fsp3) is 0.136. The number of pyridine rings is 1. The lowest BCUT2D eigenvalue weighted by Gasteiger charge is -2.18. The Bertz CT molecular complexity index is 1350. The molecule has 3 heterocycles. The van der Waals surface area contributed by atoms with Crippen molar-refractivity contribution in [3.63, 3.8) is 0 Å². The molecular weight excluding hydrogens is 407 g/mol. The molecular formula is C22H16Cl2N4O. The number of nitrogens with zero attached hydrogens (tertiary/aromatic N) is 4. The molecule has 0 bridgehead atoms. The average molecular weight is 425 g/mol. The number of amides is 1. The average Bonchev–Trinajstić information content (AvgIpc) is 3.20. The van der Waals surface area contributed by atoms with Crippen molar-refractivity contribution in [2.24, 2.45) is 7.05 Å². The summed E-state index contributed by atoms with van der Waals surface area (Å²) in [7, 11) is 1.86. The lowest BCUT2D eigenvalue weighted by Crippen LogP contribution is -2.23. The highest BCUT2D eigenvalue weighted by Gasteiger charge is 2.29. The summed E-state index contributed by atoms with van der Waals surface area (Å²) < 4.78 is 18.6. The fourth-order valence-corrected chi connectivity index (χ4v) is 4.19. The molecule has 7 heteroatoms. The predicted molar refractivity (Wildman–Crippen MR) is 114 cm³/mol. The molecule has 0 saturated carbocycles. The molecule has 1 aliphatic heterocycles.